The van der Waals surface area contributed by atoms with Gasteiger partial charge in [0.15, 0.2) is 5.11 Å². The molecule has 26 heavy (non-hydrogen) atoms. The summed E-state index contributed by atoms with van der Waals surface area (Å²) < 4.78 is 27.8. The number of sulfonamides is 1. The van der Waals surface area contributed by atoms with Crippen LogP contribution >= 0.6 is 12.2 Å². The second-order valence-corrected chi connectivity index (χ2v) is 8.60. The lowest BCUT2D eigenvalue weighted by Gasteiger charge is -2.27. The number of aromatic nitrogens is 1. The van der Waals surface area contributed by atoms with Crippen molar-refractivity contribution in [3.05, 3.63) is 48.3 Å². The second kappa shape index (κ2) is 8.11. The number of rotatable bonds is 4. The molecular weight excluding hydrogens is 368 g/mol. The average Bonchev–Trinajstić information content (AvgIpc) is 2.64. The van der Waals surface area contributed by atoms with Crippen molar-refractivity contribution in [1.29, 1.82) is 0 Å². The first kappa shape index (κ1) is 18.8. The summed E-state index contributed by atoms with van der Waals surface area (Å²) in [5.74, 6) is 0. The molecule has 138 valence electrons. The highest BCUT2D eigenvalue weighted by Crippen LogP contribution is 2.28. The summed E-state index contributed by atoms with van der Waals surface area (Å²) in [5, 5.41) is 6.35. The Balaban J connectivity index is 1.85. The number of hydrogen-bond acceptors (Lipinski definition) is 4. The van der Waals surface area contributed by atoms with E-state index < -0.39 is 10.0 Å². The van der Waals surface area contributed by atoms with E-state index in [9.17, 15) is 8.42 Å². The van der Waals surface area contributed by atoms with E-state index in [1.807, 2.05) is 19.1 Å². The van der Waals surface area contributed by atoms with Gasteiger partial charge in [0.25, 0.3) is 0 Å². The van der Waals surface area contributed by atoms with Crippen LogP contribution in [-0.4, -0.2) is 35.9 Å². The molecule has 0 radical (unpaired) electrons. The van der Waals surface area contributed by atoms with Crippen molar-refractivity contribution < 1.29 is 8.42 Å². The molecule has 6 nitrogen and oxygen atoms in total. The summed E-state index contributed by atoms with van der Waals surface area (Å²) in [6.45, 7) is 3.01. The average molecular weight is 391 g/mol. The first-order chi connectivity index (χ1) is 12.5. The Morgan fingerprint density at radius 3 is 2.62 bits per heavy atom. The molecule has 1 aromatic carbocycles. The molecule has 1 aliphatic heterocycles. The van der Waals surface area contributed by atoms with Crippen molar-refractivity contribution in [1.82, 2.24) is 9.29 Å². The third kappa shape index (κ3) is 4.38. The Kier molecular flexibility index (Phi) is 5.85. The highest BCUT2D eigenvalue weighted by atomic mass is 32.2. The highest BCUT2D eigenvalue weighted by Gasteiger charge is 2.28. The first-order valence-electron chi connectivity index (χ1n) is 8.56. The molecule has 2 N–H and O–H groups in total. The van der Waals surface area contributed by atoms with Crippen LogP contribution < -0.4 is 10.6 Å². The smallest absolute Gasteiger partial charge is 0.245 e. The third-order valence-electron chi connectivity index (χ3n) is 4.24. The zero-order valence-electron chi connectivity index (χ0n) is 14.6. The van der Waals surface area contributed by atoms with Gasteiger partial charge in [0.1, 0.15) is 4.90 Å². The van der Waals surface area contributed by atoms with Gasteiger partial charge in [-0.1, -0.05) is 12.5 Å². The molecule has 0 saturated carbocycles. The molecule has 8 heteroatoms. The quantitative estimate of drug-likeness (QED) is 0.780. The van der Waals surface area contributed by atoms with Gasteiger partial charge in [0.05, 0.1) is 17.6 Å². The van der Waals surface area contributed by atoms with Crippen molar-refractivity contribution >= 4 is 38.7 Å². The van der Waals surface area contributed by atoms with Crippen LogP contribution in [-0.2, 0) is 10.0 Å². The van der Waals surface area contributed by atoms with Crippen molar-refractivity contribution in [2.24, 2.45) is 0 Å². The lowest BCUT2D eigenvalue weighted by Crippen LogP contribution is -2.36. The number of pyridine rings is 1. The maximum atomic E-state index is 13.1. The highest BCUT2D eigenvalue weighted by molar-refractivity contribution is 7.89. The lowest BCUT2D eigenvalue weighted by atomic mass is 10.2. The molecule has 0 amide bonds. The molecule has 3 rings (SSSR count). The summed E-state index contributed by atoms with van der Waals surface area (Å²) in [7, 11) is -3.56. The van der Waals surface area contributed by atoms with E-state index in [-0.39, 0.29) is 4.90 Å². The van der Waals surface area contributed by atoms with E-state index in [0.717, 1.165) is 30.5 Å². The summed E-state index contributed by atoms with van der Waals surface area (Å²) in [4.78, 5) is 4.28. The van der Waals surface area contributed by atoms with Crippen molar-refractivity contribution in [2.45, 2.75) is 31.1 Å². The molecule has 2 heterocycles. The van der Waals surface area contributed by atoms with Gasteiger partial charge in [-0.3, -0.25) is 4.98 Å². The minimum atomic E-state index is -3.56. The summed E-state index contributed by atoms with van der Waals surface area (Å²) in [6, 6.07) is 8.94. The zero-order valence-corrected chi connectivity index (χ0v) is 16.2. The predicted octanol–water partition coefficient (Wildman–Crippen LogP) is 3.37. The Bertz CT molecular complexity index is 879. The van der Waals surface area contributed by atoms with Crippen molar-refractivity contribution in [2.75, 3.05) is 23.7 Å². The largest absolute Gasteiger partial charge is 0.331 e. The van der Waals surface area contributed by atoms with Gasteiger partial charge in [-0.05, 0) is 61.8 Å². The summed E-state index contributed by atoms with van der Waals surface area (Å²) in [6.07, 6.45) is 6.19. The second-order valence-electron chi connectivity index (χ2n) is 6.29. The van der Waals surface area contributed by atoms with Gasteiger partial charge in [0.2, 0.25) is 10.0 Å². The third-order valence-corrected chi connectivity index (χ3v) is 6.38. The fourth-order valence-electron chi connectivity index (χ4n) is 2.91. The Labute approximate surface area is 159 Å². The molecule has 0 unspecified atom stereocenters. The number of nitrogens with zero attached hydrogens (tertiary/aromatic N) is 2. The monoisotopic (exact) mass is 390 g/mol. The first-order valence-corrected chi connectivity index (χ1v) is 10.4. The molecule has 0 atom stereocenters. The normalized spacial score (nSPS) is 15.4. The van der Waals surface area contributed by atoms with Gasteiger partial charge in [-0.25, -0.2) is 8.42 Å². The van der Waals surface area contributed by atoms with Gasteiger partial charge in [-0.15, -0.1) is 0 Å². The van der Waals surface area contributed by atoms with Crippen LogP contribution in [0.15, 0.2) is 47.6 Å². The molecule has 0 spiro atoms. The van der Waals surface area contributed by atoms with Gasteiger partial charge >= 0.3 is 0 Å². The maximum Gasteiger partial charge on any atom is 0.245 e. The number of hydrogen-bond donors (Lipinski definition) is 2. The molecule has 0 aliphatic carbocycles. The SMILES string of the molecule is Cc1ccc(NC(=S)Nc2cccnc2)c(S(=O)(=O)N2CCCCC2)c1. The summed E-state index contributed by atoms with van der Waals surface area (Å²) in [5.41, 5.74) is 2.09. The minimum Gasteiger partial charge on any atom is -0.331 e. The number of thiocarbonyl (C=S) groups is 1. The Morgan fingerprint density at radius 1 is 1.15 bits per heavy atom. The van der Waals surface area contributed by atoms with Gasteiger partial charge in [0, 0.05) is 19.3 Å². The Morgan fingerprint density at radius 2 is 1.92 bits per heavy atom. The van der Waals surface area contributed by atoms with Crippen LogP contribution in [0.2, 0.25) is 0 Å². The van der Waals surface area contributed by atoms with Gasteiger partial charge < -0.3 is 10.6 Å². The molecule has 2 aromatic rings. The van der Waals surface area contributed by atoms with E-state index in [4.69, 9.17) is 12.2 Å². The fraction of sp³-hybridized carbons (Fsp3) is 0.333. The fourth-order valence-corrected chi connectivity index (χ4v) is 4.89. The van der Waals surface area contributed by atoms with Gasteiger partial charge in [-0.2, -0.15) is 4.31 Å². The van der Waals surface area contributed by atoms with E-state index in [1.165, 1.54) is 0 Å². The number of benzene rings is 1. The number of anilines is 2. The van der Waals surface area contributed by atoms with Crippen LogP contribution in [0.3, 0.4) is 0 Å². The van der Waals surface area contributed by atoms with Crippen molar-refractivity contribution in [3.8, 4) is 0 Å². The predicted molar refractivity (Wildman–Crippen MR) is 108 cm³/mol. The van der Waals surface area contributed by atoms with Crippen LogP contribution in [0.25, 0.3) is 0 Å². The number of piperidine rings is 1. The van der Waals surface area contributed by atoms with Crippen LogP contribution in [0.5, 0.6) is 0 Å². The number of aryl methyl sites for hydroxylation is 1. The molecule has 1 aromatic heterocycles. The molecule has 1 aliphatic rings. The van der Waals surface area contributed by atoms with E-state index >= 15 is 0 Å². The van der Waals surface area contributed by atoms with Crippen LogP contribution in [0.1, 0.15) is 24.8 Å². The lowest BCUT2D eigenvalue weighted by molar-refractivity contribution is 0.347. The van der Waals surface area contributed by atoms with Crippen molar-refractivity contribution in [3.63, 3.8) is 0 Å². The molecular formula is C18H22N4O2S2. The maximum absolute atomic E-state index is 13.1. The molecule has 1 fully saturated rings. The standard InChI is InChI=1S/C18H22N4O2S2/c1-14-7-8-16(21-18(25)20-15-6-5-9-19-13-15)17(12-14)26(23,24)22-10-3-2-4-11-22/h5-9,12-13H,2-4,10-11H2,1H3,(H2,20,21,25). The van der Waals surface area contributed by atoms with Crippen LogP contribution in [0.4, 0.5) is 11.4 Å². The summed E-state index contributed by atoms with van der Waals surface area (Å²) >= 11 is 5.33. The van der Waals surface area contributed by atoms with E-state index in [0.29, 0.717) is 23.9 Å². The minimum absolute atomic E-state index is 0.259. The van der Waals surface area contributed by atoms with E-state index in [1.54, 1.807) is 34.9 Å². The molecule has 0 bridgehead atoms. The topological polar surface area (TPSA) is 74.3 Å². The van der Waals surface area contributed by atoms with Crippen LogP contribution in [0, 0.1) is 6.92 Å². The Hall–Kier alpha value is -2.03. The van der Waals surface area contributed by atoms with E-state index in [2.05, 4.69) is 15.6 Å². The zero-order chi connectivity index (χ0) is 18.6. The molecule has 1 saturated heterocycles. The number of nitrogens with one attached hydrogen (secondary N) is 2.